The molecule has 0 N–H and O–H groups in total. The van der Waals surface area contributed by atoms with Crippen molar-refractivity contribution in [2.45, 2.75) is 42.1 Å². The highest BCUT2D eigenvalue weighted by molar-refractivity contribution is 7.93. The van der Waals surface area contributed by atoms with Gasteiger partial charge in [0.2, 0.25) is 14.8 Å². The molecule has 4 rings (SSSR count). The number of benzene rings is 2. The van der Waals surface area contributed by atoms with Crippen LogP contribution in [0.5, 0.6) is 11.5 Å². The van der Waals surface area contributed by atoms with Gasteiger partial charge in [-0.05, 0) is 55.5 Å². The average Bonchev–Trinajstić information content (AvgIpc) is 2.94. The van der Waals surface area contributed by atoms with E-state index in [1.165, 1.54) is 25.8 Å². The van der Waals surface area contributed by atoms with Gasteiger partial charge in [0.1, 0.15) is 0 Å². The molecule has 1 saturated heterocycles. The van der Waals surface area contributed by atoms with Crippen LogP contribution in [0.25, 0.3) is 0 Å². The molecule has 0 aliphatic carbocycles. The van der Waals surface area contributed by atoms with Gasteiger partial charge in [-0.15, -0.1) is 0 Å². The third kappa shape index (κ3) is 3.81. The van der Waals surface area contributed by atoms with E-state index in [1.807, 2.05) is 18.2 Å². The number of fused-ring (bicyclic) bond motifs is 1. The van der Waals surface area contributed by atoms with Crippen LogP contribution >= 0.6 is 0 Å². The van der Waals surface area contributed by atoms with Gasteiger partial charge in [-0.1, -0.05) is 30.3 Å². The predicted octanol–water partition coefficient (Wildman–Crippen LogP) is 4.00. The summed E-state index contributed by atoms with van der Waals surface area (Å²) in [5.41, 5.74) is 1.73. The first kappa shape index (κ1) is 21.1. The van der Waals surface area contributed by atoms with Crippen molar-refractivity contribution in [1.82, 2.24) is 4.90 Å². The third-order valence-electron chi connectivity index (χ3n) is 6.34. The Kier molecular flexibility index (Phi) is 5.77. The fraction of sp³-hybridized carbons (Fsp3) is 0.478. The molecule has 2 aromatic carbocycles. The number of halogens is 1. The zero-order valence-electron chi connectivity index (χ0n) is 17.4. The minimum Gasteiger partial charge on any atom is -0.493 e. The molecule has 30 heavy (non-hydrogen) atoms. The molecule has 2 aliphatic heterocycles. The Morgan fingerprint density at radius 3 is 2.33 bits per heavy atom. The maximum atomic E-state index is 15.9. The normalized spacial score (nSPS) is 23.8. The van der Waals surface area contributed by atoms with Crippen LogP contribution in [0, 0.1) is 5.92 Å². The van der Waals surface area contributed by atoms with Gasteiger partial charge in [-0.2, -0.15) is 0 Å². The van der Waals surface area contributed by atoms with Crippen molar-refractivity contribution in [3.8, 4) is 11.5 Å². The topological polar surface area (TPSA) is 55.8 Å². The van der Waals surface area contributed by atoms with E-state index in [0.717, 1.165) is 32.5 Å². The Morgan fingerprint density at radius 2 is 1.70 bits per heavy atom. The zero-order valence-corrected chi connectivity index (χ0v) is 18.3. The zero-order chi connectivity index (χ0) is 21.4. The van der Waals surface area contributed by atoms with Crippen molar-refractivity contribution in [3.63, 3.8) is 0 Å². The maximum absolute atomic E-state index is 15.9. The fourth-order valence-electron chi connectivity index (χ4n) is 4.67. The lowest BCUT2D eigenvalue weighted by molar-refractivity contribution is 0.136. The number of piperidine rings is 1. The monoisotopic (exact) mass is 433 g/mol. The second kappa shape index (κ2) is 8.19. The average molecular weight is 434 g/mol. The summed E-state index contributed by atoms with van der Waals surface area (Å²) in [5, 5.41) is -2.26. The van der Waals surface area contributed by atoms with Gasteiger partial charge in [-0.25, -0.2) is 12.8 Å². The first-order valence-corrected chi connectivity index (χ1v) is 11.8. The summed E-state index contributed by atoms with van der Waals surface area (Å²) in [6, 6.07) is 13.3. The molecule has 162 valence electrons. The molecule has 7 heteroatoms. The predicted molar refractivity (Wildman–Crippen MR) is 113 cm³/mol. The number of hydrogen-bond acceptors (Lipinski definition) is 5. The molecule has 0 aromatic heterocycles. The van der Waals surface area contributed by atoms with E-state index in [2.05, 4.69) is 17.0 Å². The van der Waals surface area contributed by atoms with Crippen LogP contribution in [0.15, 0.2) is 47.4 Å². The fourth-order valence-corrected chi connectivity index (χ4v) is 6.60. The number of alkyl halides is 1. The Labute approximate surface area is 177 Å². The standard InChI is InChI=1S/C23H28FNO4S/c1-28-20-12-19-15-23(24,30(26,27)22(19)13-21(20)29-2)14-17-8-10-25(11-9-17)16-18-6-4-3-5-7-18/h3-7,12-13,17H,8-11,14-16H2,1-2H3. The number of ether oxygens (including phenoxy) is 2. The van der Waals surface area contributed by atoms with E-state index in [0.29, 0.717) is 17.1 Å². The summed E-state index contributed by atoms with van der Waals surface area (Å²) in [5.74, 6) is 0.776. The molecule has 1 atom stereocenters. The van der Waals surface area contributed by atoms with Crippen molar-refractivity contribution in [2.75, 3.05) is 27.3 Å². The number of hydrogen-bond donors (Lipinski definition) is 0. The summed E-state index contributed by atoms with van der Waals surface area (Å²) in [6.07, 6.45) is 1.51. The molecule has 0 spiro atoms. The summed E-state index contributed by atoms with van der Waals surface area (Å²) in [4.78, 5) is 2.38. The van der Waals surface area contributed by atoms with E-state index in [4.69, 9.17) is 9.47 Å². The maximum Gasteiger partial charge on any atom is 0.219 e. The molecule has 0 saturated carbocycles. The van der Waals surface area contributed by atoms with Gasteiger partial charge in [0.05, 0.1) is 19.1 Å². The number of sulfone groups is 1. The highest BCUT2D eigenvalue weighted by atomic mass is 32.2. The van der Waals surface area contributed by atoms with Gasteiger partial charge in [0.15, 0.2) is 11.5 Å². The molecule has 2 aliphatic rings. The SMILES string of the molecule is COc1cc2c(cc1OC)S(=O)(=O)C(F)(CC1CCN(Cc3ccccc3)CC1)C2. The molecule has 0 amide bonds. The molecule has 1 unspecified atom stereocenters. The highest BCUT2D eigenvalue weighted by Gasteiger charge is 2.53. The second-order valence-corrected chi connectivity index (χ2v) is 10.5. The van der Waals surface area contributed by atoms with Crippen LogP contribution in [0.1, 0.15) is 30.4 Å². The van der Waals surface area contributed by atoms with Gasteiger partial charge in [-0.3, -0.25) is 4.90 Å². The van der Waals surface area contributed by atoms with Crippen molar-refractivity contribution in [1.29, 1.82) is 0 Å². The van der Waals surface area contributed by atoms with Crippen molar-refractivity contribution < 1.29 is 22.3 Å². The largest absolute Gasteiger partial charge is 0.493 e. The third-order valence-corrected chi connectivity index (χ3v) is 8.58. The quantitative estimate of drug-likeness (QED) is 0.689. The smallest absolute Gasteiger partial charge is 0.219 e. The Bertz CT molecular complexity index is 1000. The van der Waals surface area contributed by atoms with Crippen molar-refractivity contribution >= 4 is 9.84 Å². The molecular formula is C23H28FNO4S. The Hall–Kier alpha value is -2.12. The lowest BCUT2D eigenvalue weighted by Crippen LogP contribution is -2.38. The first-order chi connectivity index (χ1) is 14.4. The van der Waals surface area contributed by atoms with Gasteiger partial charge >= 0.3 is 0 Å². The van der Waals surface area contributed by atoms with Crippen LogP contribution in [-0.4, -0.2) is 45.6 Å². The van der Waals surface area contributed by atoms with Crippen molar-refractivity contribution in [3.05, 3.63) is 53.6 Å². The molecule has 5 nitrogen and oxygen atoms in total. The molecular weight excluding hydrogens is 405 g/mol. The first-order valence-electron chi connectivity index (χ1n) is 10.3. The minimum atomic E-state index is -4.08. The minimum absolute atomic E-state index is 0.0316. The van der Waals surface area contributed by atoms with Crippen LogP contribution in [-0.2, 0) is 22.8 Å². The molecule has 0 radical (unpaired) electrons. The summed E-state index contributed by atoms with van der Waals surface area (Å²) < 4.78 is 52.5. The lowest BCUT2D eigenvalue weighted by atomic mass is 9.89. The van der Waals surface area contributed by atoms with Gasteiger partial charge in [0, 0.05) is 19.0 Å². The van der Waals surface area contributed by atoms with E-state index in [9.17, 15) is 8.42 Å². The van der Waals surface area contributed by atoms with Crippen LogP contribution < -0.4 is 9.47 Å². The number of methoxy groups -OCH3 is 2. The summed E-state index contributed by atoms with van der Waals surface area (Å²) in [6.45, 7) is 2.58. The van der Waals surface area contributed by atoms with Gasteiger partial charge in [0.25, 0.3) is 0 Å². The van der Waals surface area contributed by atoms with Crippen LogP contribution in [0.3, 0.4) is 0 Å². The van der Waals surface area contributed by atoms with Gasteiger partial charge < -0.3 is 9.47 Å². The van der Waals surface area contributed by atoms with E-state index in [1.54, 1.807) is 6.07 Å². The number of likely N-dealkylation sites (tertiary alicyclic amines) is 1. The summed E-state index contributed by atoms with van der Waals surface area (Å²) in [7, 11) is -1.15. The molecule has 2 heterocycles. The Morgan fingerprint density at radius 1 is 1.07 bits per heavy atom. The number of rotatable bonds is 6. The van der Waals surface area contributed by atoms with Crippen LogP contribution in [0.2, 0.25) is 0 Å². The second-order valence-electron chi connectivity index (χ2n) is 8.29. The van der Waals surface area contributed by atoms with Crippen LogP contribution in [0.4, 0.5) is 4.39 Å². The molecule has 0 bridgehead atoms. The number of nitrogens with zero attached hydrogens (tertiary/aromatic N) is 1. The van der Waals surface area contributed by atoms with E-state index in [-0.39, 0.29) is 23.7 Å². The highest BCUT2D eigenvalue weighted by Crippen LogP contribution is 2.48. The Balaban J connectivity index is 1.45. The van der Waals surface area contributed by atoms with E-state index >= 15 is 4.39 Å². The lowest BCUT2D eigenvalue weighted by Gasteiger charge is -2.34. The molecule has 2 aromatic rings. The summed E-state index contributed by atoms with van der Waals surface area (Å²) >= 11 is 0. The van der Waals surface area contributed by atoms with E-state index < -0.39 is 14.8 Å². The molecule has 1 fully saturated rings. The van der Waals surface area contributed by atoms with Crippen molar-refractivity contribution in [2.24, 2.45) is 5.92 Å².